The number of nitrogens with one attached hydrogen (secondary N) is 1. The number of carbonyl (C=O) groups is 1. The van der Waals surface area contributed by atoms with E-state index in [9.17, 15) is 4.79 Å². The maximum atomic E-state index is 11.8. The van der Waals surface area contributed by atoms with Crippen LogP contribution in [0.15, 0.2) is 78.4 Å². The average molecular weight is 331 g/mol. The minimum atomic E-state index is -0.116. The summed E-state index contributed by atoms with van der Waals surface area (Å²) in [5.41, 5.74) is 4.73. The summed E-state index contributed by atoms with van der Waals surface area (Å²) in [6, 6.07) is 18.8. The van der Waals surface area contributed by atoms with Gasteiger partial charge in [-0.3, -0.25) is 0 Å². The summed E-state index contributed by atoms with van der Waals surface area (Å²) in [6.07, 6.45) is 7.33. The molecule has 0 spiro atoms. The molecule has 1 aliphatic carbocycles. The van der Waals surface area contributed by atoms with E-state index in [1.165, 1.54) is 11.1 Å². The third kappa shape index (κ3) is 4.08. The minimum absolute atomic E-state index is 0.115. The second-order valence-corrected chi connectivity index (χ2v) is 6.86. The molecule has 0 fully saturated rings. The maximum absolute atomic E-state index is 11.8. The van der Waals surface area contributed by atoms with E-state index in [-0.39, 0.29) is 11.8 Å². The molecular weight excluding hydrogens is 306 g/mol. The number of rotatable bonds is 6. The van der Waals surface area contributed by atoms with Crippen molar-refractivity contribution in [2.24, 2.45) is 5.92 Å². The first-order valence-corrected chi connectivity index (χ1v) is 8.90. The fourth-order valence-corrected chi connectivity index (χ4v) is 3.29. The fourth-order valence-electron chi connectivity index (χ4n) is 3.29. The smallest absolute Gasteiger partial charge is 0.128 e. The van der Waals surface area contributed by atoms with Crippen LogP contribution in [0.25, 0.3) is 0 Å². The first-order valence-electron chi connectivity index (χ1n) is 8.90. The molecule has 2 aromatic rings. The lowest BCUT2D eigenvalue weighted by Crippen LogP contribution is -2.22. The Kier molecular flexibility index (Phi) is 5.49. The second-order valence-electron chi connectivity index (χ2n) is 6.86. The molecule has 2 heteroatoms. The topological polar surface area (TPSA) is 29.1 Å². The van der Waals surface area contributed by atoms with Gasteiger partial charge in [0.25, 0.3) is 0 Å². The van der Waals surface area contributed by atoms with Gasteiger partial charge in [0.05, 0.1) is 0 Å². The fraction of sp³-hybridized carbons (Fsp3) is 0.261. The van der Waals surface area contributed by atoms with Gasteiger partial charge in [0.1, 0.15) is 6.29 Å². The molecule has 2 atom stereocenters. The van der Waals surface area contributed by atoms with Crippen molar-refractivity contribution in [3.8, 4) is 0 Å². The summed E-state index contributed by atoms with van der Waals surface area (Å²) in [5.74, 6) is 0.532. The highest BCUT2D eigenvalue weighted by Crippen LogP contribution is 2.33. The third-order valence-corrected chi connectivity index (χ3v) is 4.85. The highest BCUT2D eigenvalue weighted by molar-refractivity contribution is 5.64. The minimum Gasteiger partial charge on any atom is -0.381 e. The van der Waals surface area contributed by atoms with Crippen molar-refractivity contribution in [3.63, 3.8) is 0 Å². The van der Waals surface area contributed by atoms with E-state index in [1.54, 1.807) is 0 Å². The van der Waals surface area contributed by atoms with Crippen molar-refractivity contribution in [2.75, 3.05) is 11.9 Å². The molecule has 2 unspecified atom stereocenters. The molecule has 1 aliphatic rings. The van der Waals surface area contributed by atoms with Crippen LogP contribution in [0.5, 0.6) is 0 Å². The van der Waals surface area contributed by atoms with Crippen molar-refractivity contribution in [1.82, 2.24) is 0 Å². The van der Waals surface area contributed by atoms with Crippen molar-refractivity contribution in [3.05, 3.63) is 89.5 Å². The van der Waals surface area contributed by atoms with Crippen molar-refractivity contribution in [2.45, 2.75) is 25.7 Å². The predicted molar refractivity (Wildman–Crippen MR) is 105 cm³/mol. The largest absolute Gasteiger partial charge is 0.381 e. The van der Waals surface area contributed by atoms with Crippen LogP contribution < -0.4 is 5.32 Å². The predicted octanol–water partition coefficient (Wildman–Crippen LogP) is 5.32. The van der Waals surface area contributed by atoms with Crippen LogP contribution in [-0.4, -0.2) is 12.8 Å². The summed E-state index contributed by atoms with van der Waals surface area (Å²) in [7, 11) is 0. The van der Waals surface area contributed by atoms with Crippen molar-refractivity contribution < 1.29 is 4.79 Å². The van der Waals surface area contributed by atoms with Crippen LogP contribution >= 0.6 is 0 Å². The van der Waals surface area contributed by atoms with E-state index in [1.807, 2.05) is 18.2 Å². The Morgan fingerprint density at radius 1 is 1.04 bits per heavy atom. The van der Waals surface area contributed by atoms with Gasteiger partial charge in [-0.15, -0.1) is 0 Å². The monoisotopic (exact) mass is 331 g/mol. The zero-order valence-corrected chi connectivity index (χ0v) is 14.9. The Morgan fingerprint density at radius 3 is 2.40 bits per heavy atom. The SMILES string of the molecule is CC(C)c1ccc(NCC2=CC=CC(c3ccccc3)C2C=O)cc1. The molecule has 0 aliphatic heterocycles. The number of anilines is 1. The Labute approximate surface area is 150 Å². The number of hydrogen-bond donors (Lipinski definition) is 1. The zero-order chi connectivity index (χ0) is 17.6. The van der Waals surface area contributed by atoms with E-state index in [4.69, 9.17) is 0 Å². The summed E-state index contributed by atoms with van der Waals surface area (Å²) in [6.45, 7) is 5.07. The number of carbonyl (C=O) groups excluding carboxylic acids is 1. The molecule has 0 saturated carbocycles. The molecule has 0 bridgehead atoms. The summed E-state index contributed by atoms with van der Waals surface area (Å²) >= 11 is 0. The van der Waals surface area contributed by atoms with E-state index in [0.29, 0.717) is 12.5 Å². The van der Waals surface area contributed by atoms with Gasteiger partial charge in [-0.1, -0.05) is 74.5 Å². The lowest BCUT2D eigenvalue weighted by atomic mass is 9.79. The number of hydrogen-bond acceptors (Lipinski definition) is 2. The molecule has 2 aromatic carbocycles. The molecule has 0 radical (unpaired) electrons. The van der Waals surface area contributed by atoms with Crippen LogP contribution in [0.4, 0.5) is 5.69 Å². The van der Waals surface area contributed by atoms with Gasteiger partial charge >= 0.3 is 0 Å². The lowest BCUT2D eigenvalue weighted by molar-refractivity contribution is -0.110. The van der Waals surface area contributed by atoms with E-state index >= 15 is 0 Å². The highest BCUT2D eigenvalue weighted by Gasteiger charge is 2.25. The molecule has 2 nitrogen and oxygen atoms in total. The van der Waals surface area contributed by atoms with Gasteiger partial charge in [-0.05, 0) is 34.8 Å². The second kappa shape index (κ2) is 7.98. The Bertz CT molecular complexity index is 756. The first kappa shape index (κ1) is 17.2. The van der Waals surface area contributed by atoms with Crippen LogP contribution in [0.3, 0.4) is 0 Å². The molecule has 0 amide bonds. The number of aldehydes is 1. The summed E-state index contributed by atoms with van der Waals surface area (Å²) in [5, 5.41) is 3.46. The molecule has 128 valence electrons. The molecule has 0 saturated heterocycles. The number of benzene rings is 2. The third-order valence-electron chi connectivity index (χ3n) is 4.85. The summed E-state index contributed by atoms with van der Waals surface area (Å²) < 4.78 is 0. The Balaban J connectivity index is 1.70. The van der Waals surface area contributed by atoms with Gasteiger partial charge < -0.3 is 10.1 Å². The van der Waals surface area contributed by atoms with E-state index < -0.39 is 0 Å². The highest BCUT2D eigenvalue weighted by atomic mass is 16.1. The Hall–Kier alpha value is -2.61. The van der Waals surface area contributed by atoms with Gasteiger partial charge in [-0.2, -0.15) is 0 Å². The van der Waals surface area contributed by atoms with Gasteiger partial charge in [0.2, 0.25) is 0 Å². The van der Waals surface area contributed by atoms with Gasteiger partial charge in [-0.25, -0.2) is 0 Å². The maximum Gasteiger partial charge on any atom is 0.128 e. The van der Waals surface area contributed by atoms with E-state index in [2.05, 4.69) is 73.8 Å². The zero-order valence-electron chi connectivity index (χ0n) is 14.9. The van der Waals surface area contributed by atoms with Crippen molar-refractivity contribution in [1.29, 1.82) is 0 Å². The molecule has 1 N–H and O–H groups in total. The molecular formula is C23H25NO. The Morgan fingerprint density at radius 2 is 1.76 bits per heavy atom. The first-order chi connectivity index (χ1) is 12.2. The van der Waals surface area contributed by atoms with E-state index in [0.717, 1.165) is 17.5 Å². The van der Waals surface area contributed by atoms with Gasteiger partial charge in [0, 0.05) is 24.1 Å². The molecule has 0 heterocycles. The quantitative estimate of drug-likeness (QED) is 0.726. The van der Waals surface area contributed by atoms with Crippen LogP contribution in [0.1, 0.15) is 36.8 Å². The standard InChI is InChI=1S/C23H25NO/c1-17(2)18-11-13-21(14-12-18)24-15-20-9-6-10-22(23(20)16-25)19-7-4-3-5-8-19/h3-14,16-17,22-24H,15H2,1-2H3. The van der Waals surface area contributed by atoms with Crippen LogP contribution in [0, 0.1) is 5.92 Å². The average Bonchev–Trinajstić information content (AvgIpc) is 2.67. The molecule has 3 rings (SSSR count). The van der Waals surface area contributed by atoms with Crippen LogP contribution in [-0.2, 0) is 4.79 Å². The van der Waals surface area contributed by atoms with Crippen LogP contribution in [0.2, 0.25) is 0 Å². The number of allylic oxidation sites excluding steroid dienone is 3. The van der Waals surface area contributed by atoms with Gasteiger partial charge in [0.15, 0.2) is 0 Å². The van der Waals surface area contributed by atoms with Crippen molar-refractivity contribution >= 4 is 12.0 Å². The lowest BCUT2D eigenvalue weighted by Gasteiger charge is -2.26. The molecule has 25 heavy (non-hydrogen) atoms. The normalized spacial score (nSPS) is 19.6. The summed E-state index contributed by atoms with van der Waals surface area (Å²) in [4.78, 5) is 11.8. The molecule has 0 aromatic heterocycles.